The molecule has 0 aromatic rings. The SMILES string of the molecule is CC(C)CC(N)C(=O)NC(CCCCN)C(=O)NC(CCC(N)=O)C(=O)NCC(=O)O. The molecule has 0 radical (unpaired) electrons. The number of carboxylic acid groups (broad SMARTS) is 1. The summed E-state index contributed by atoms with van der Waals surface area (Å²) < 4.78 is 0. The van der Waals surface area contributed by atoms with Gasteiger partial charge in [-0.05, 0) is 44.6 Å². The Morgan fingerprint density at radius 1 is 0.903 bits per heavy atom. The van der Waals surface area contributed by atoms with Gasteiger partial charge in [-0.3, -0.25) is 24.0 Å². The van der Waals surface area contributed by atoms with Crippen LogP contribution in [0, 0.1) is 5.92 Å². The molecule has 0 saturated carbocycles. The zero-order valence-electron chi connectivity index (χ0n) is 18.2. The minimum absolute atomic E-state index is 0.122. The summed E-state index contributed by atoms with van der Waals surface area (Å²) in [6, 6.07) is -2.97. The number of carboxylic acids is 1. The number of unbranched alkanes of at least 4 members (excludes halogenated alkanes) is 1. The van der Waals surface area contributed by atoms with Crippen molar-refractivity contribution in [2.24, 2.45) is 23.1 Å². The molecular weight excluding hydrogens is 408 g/mol. The van der Waals surface area contributed by atoms with Crippen LogP contribution in [0.3, 0.4) is 0 Å². The van der Waals surface area contributed by atoms with E-state index in [1.165, 1.54) is 0 Å². The molecule has 0 spiro atoms. The first-order valence-electron chi connectivity index (χ1n) is 10.3. The Morgan fingerprint density at radius 3 is 2.00 bits per heavy atom. The predicted octanol–water partition coefficient (Wildman–Crippen LogP) is -2.08. The molecule has 3 atom stereocenters. The van der Waals surface area contributed by atoms with Gasteiger partial charge in [0.15, 0.2) is 0 Å². The molecule has 0 aliphatic carbocycles. The second-order valence-electron chi connectivity index (χ2n) is 7.76. The second kappa shape index (κ2) is 15.1. The van der Waals surface area contributed by atoms with Crippen molar-refractivity contribution in [1.82, 2.24) is 16.0 Å². The maximum Gasteiger partial charge on any atom is 0.322 e. The van der Waals surface area contributed by atoms with Crippen LogP contribution >= 0.6 is 0 Å². The van der Waals surface area contributed by atoms with Crippen LogP contribution in [0.1, 0.15) is 52.4 Å². The molecule has 0 saturated heterocycles. The van der Waals surface area contributed by atoms with Crippen molar-refractivity contribution in [1.29, 1.82) is 0 Å². The minimum atomic E-state index is -1.26. The van der Waals surface area contributed by atoms with Crippen LogP contribution in [0.25, 0.3) is 0 Å². The van der Waals surface area contributed by atoms with E-state index in [0.717, 1.165) is 0 Å². The van der Waals surface area contributed by atoms with E-state index in [-0.39, 0.29) is 25.2 Å². The van der Waals surface area contributed by atoms with Gasteiger partial charge >= 0.3 is 5.97 Å². The van der Waals surface area contributed by atoms with Crippen LogP contribution in [0.15, 0.2) is 0 Å². The number of nitrogens with one attached hydrogen (secondary N) is 3. The van der Waals surface area contributed by atoms with Gasteiger partial charge in [-0.2, -0.15) is 0 Å². The van der Waals surface area contributed by atoms with Gasteiger partial charge in [0.05, 0.1) is 6.04 Å². The summed E-state index contributed by atoms with van der Waals surface area (Å²) in [4.78, 5) is 59.2. The fourth-order valence-electron chi connectivity index (χ4n) is 2.77. The molecule has 0 aliphatic rings. The number of carbonyl (C=O) groups excluding carboxylic acids is 4. The Morgan fingerprint density at radius 2 is 1.48 bits per heavy atom. The molecule has 0 aliphatic heterocycles. The molecule has 0 heterocycles. The standard InChI is InChI=1S/C19H36N6O6/c1-11(2)9-12(21)17(29)24-13(5-3-4-8-20)19(31)25-14(6-7-15(22)26)18(30)23-10-16(27)28/h11-14H,3-10,20-21H2,1-2H3,(H2,22,26)(H,23,30)(H,24,29)(H,25,31)(H,27,28). The maximum atomic E-state index is 12.8. The molecule has 0 rings (SSSR count). The van der Waals surface area contributed by atoms with Crippen LogP contribution in [0.4, 0.5) is 0 Å². The first-order valence-corrected chi connectivity index (χ1v) is 10.3. The lowest BCUT2D eigenvalue weighted by Gasteiger charge is -2.24. The average molecular weight is 445 g/mol. The Bertz CT molecular complexity index is 627. The first-order chi connectivity index (χ1) is 14.5. The van der Waals surface area contributed by atoms with Crippen LogP contribution in [0.2, 0.25) is 0 Å². The van der Waals surface area contributed by atoms with Gasteiger partial charge in [0.25, 0.3) is 0 Å². The quantitative estimate of drug-likeness (QED) is 0.131. The van der Waals surface area contributed by atoms with Crippen LogP contribution in [-0.4, -0.2) is 65.9 Å². The van der Waals surface area contributed by atoms with Gasteiger partial charge in [0.2, 0.25) is 23.6 Å². The molecule has 4 amide bonds. The van der Waals surface area contributed by atoms with E-state index in [2.05, 4.69) is 16.0 Å². The Labute approximate surface area is 182 Å². The molecule has 12 heteroatoms. The Hall–Kier alpha value is -2.73. The minimum Gasteiger partial charge on any atom is -0.480 e. The number of hydrogen-bond acceptors (Lipinski definition) is 7. The van der Waals surface area contributed by atoms with Crippen LogP contribution in [0.5, 0.6) is 0 Å². The van der Waals surface area contributed by atoms with Gasteiger partial charge in [-0.15, -0.1) is 0 Å². The maximum absolute atomic E-state index is 12.8. The number of rotatable bonds is 16. The van der Waals surface area contributed by atoms with Crippen LogP contribution < -0.4 is 33.2 Å². The fraction of sp³-hybridized carbons (Fsp3) is 0.737. The number of nitrogens with two attached hydrogens (primary N) is 3. The fourth-order valence-corrected chi connectivity index (χ4v) is 2.77. The summed E-state index contributed by atoms with van der Waals surface area (Å²) in [6.45, 7) is 3.59. The largest absolute Gasteiger partial charge is 0.480 e. The topological polar surface area (TPSA) is 220 Å². The highest BCUT2D eigenvalue weighted by atomic mass is 16.4. The molecule has 0 fully saturated rings. The van der Waals surface area contributed by atoms with Crippen molar-refractivity contribution in [2.45, 2.75) is 70.5 Å². The summed E-state index contributed by atoms with van der Waals surface area (Å²) in [5.41, 5.74) is 16.5. The highest BCUT2D eigenvalue weighted by molar-refractivity contribution is 5.93. The van der Waals surface area contributed by atoms with E-state index in [1.54, 1.807) is 0 Å². The van der Waals surface area contributed by atoms with Crippen molar-refractivity contribution < 1.29 is 29.1 Å². The third-order valence-corrected chi connectivity index (χ3v) is 4.37. The third-order valence-electron chi connectivity index (χ3n) is 4.37. The number of hydrogen-bond donors (Lipinski definition) is 7. The zero-order chi connectivity index (χ0) is 24.0. The van der Waals surface area contributed by atoms with Crippen molar-refractivity contribution >= 4 is 29.6 Å². The average Bonchev–Trinajstić information content (AvgIpc) is 2.67. The van der Waals surface area contributed by atoms with Gasteiger partial charge in [0, 0.05) is 6.42 Å². The smallest absolute Gasteiger partial charge is 0.322 e. The molecular formula is C19H36N6O6. The van der Waals surface area contributed by atoms with Gasteiger partial charge < -0.3 is 38.3 Å². The summed E-state index contributed by atoms with van der Waals surface area (Å²) in [5.74, 6) is -3.69. The van der Waals surface area contributed by atoms with Gasteiger partial charge in [-0.1, -0.05) is 13.8 Å². The van der Waals surface area contributed by atoms with Crippen molar-refractivity contribution in [3.05, 3.63) is 0 Å². The Kier molecular flexibility index (Phi) is 13.8. The summed E-state index contributed by atoms with van der Waals surface area (Å²) in [5, 5.41) is 15.9. The van der Waals surface area contributed by atoms with Crippen molar-refractivity contribution in [2.75, 3.05) is 13.1 Å². The van der Waals surface area contributed by atoms with Crippen LogP contribution in [-0.2, 0) is 24.0 Å². The molecule has 10 N–H and O–H groups in total. The number of carbonyl (C=O) groups is 5. The van der Waals surface area contributed by atoms with Crippen molar-refractivity contribution in [3.8, 4) is 0 Å². The predicted molar refractivity (Wildman–Crippen MR) is 113 cm³/mol. The molecule has 0 aromatic heterocycles. The first kappa shape index (κ1) is 28.3. The molecule has 0 bridgehead atoms. The molecule has 3 unspecified atom stereocenters. The van der Waals surface area contributed by atoms with E-state index < -0.39 is 54.3 Å². The highest BCUT2D eigenvalue weighted by Gasteiger charge is 2.28. The molecule has 12 nitrogen and oxygen atoms in total. The normalized spacial score (nSPS) is 13.7. The molecule has 0 aromatic carbocycles. The molecule has 31 heavy (non-hydrogen) atoms. The highest BCUT2D eigenvalue weighted by Crippen LogP contribution is 2.07. The van der Waals surface area contributed by atoms with E-state index >= 15 is 0 Å². The Balaban J connectivity index is 5.28. The lowest BCUT2D eigenvalue weighted by atomic mass is 10.0. The summed E-state index contributed by atoms with van der Waals surface area (Å²) >= 11 is 0. The lowest BCUT2D eigenvalue weighted by molar-refractivity contribution is -0.138. The third kappa shape index (κ3) is 13.2. The van der Waals surface area contributed by atoms with E-state index in [4.69, 9.17) is 22.3 Å². The molecule has 178 valence electrons. The zero-order valence-corrected chi connectivity index (χ0v) is 18.2. The second-order valence-corrected chi connectivity index (χ2v) is 7.76. The summed E-state index contributed by atoms with van der Waals surface area (Å²) in [7, 11) is 0. The summed E-state index contributed by atoms with van der Waals surface area (Å²) in [6.07, 6.45) is 1.55. The van der Waals surface area contributed by atoms with E-state index in [1.807, 2.05) is 13.8 Å². The number of primary amides is 1. The van der Waals surface area contributed by atoms with E-state index in [9.17, 15) is 24.0 Å². The number of amides is 4. The monoisotopic (exact) mass is 444 g/mol. The van der Waals surface area contributed by atoms with Gasteiger partial charge in [-0.25, -0.2) is 0 Å². The van der Waals surface area contributed by atoms with E-state index in [0.29, 0.717) is 25.8 Å². The van der Waals surface area contributed by atoms with Crippen molar-refractivity contribution in [3.63, 3.8) is 0 Å². The number of aliphatic carboxylic acids is 1. The van der Waals surface area contributed by atoms with Gasteiger partial charge in [0.1, 0.15) is 18.6 Å². The lowest BCUT2D eigenvalue weighted by Crippen LogP contribution is -2.56.